The van der Waals surface area contributed by atoms with Crippen LogP contribution in [0.3, 0.4) is 0 Å². The summed E-state index contributed by atoms with van der Waals surface area (Å²) < 4.78 is 0. The van der Waals surface area contributed by atoms with Crippen LogP contribution in [0, 0.1) is 0 Å². The van der Waals surface area contributed by atoms with Gasteiger partial charge in [0, 0.05) is 12.0 Å². The van der Waals surface area contributed by atoms with Crippen molar-refractivity contribution < 1.29 is 4.79 Å². The van der Waals surface area contributed by atoms with Gasteiger partial charge in [0.2, 0.25) is 0 Å². The van der Waals surface area contributed by atoms with Crippen molar-refractivity contribution in [3.63, 3.8) is 0 Å². The minimum atomic E-state index is 0.377. The Morgan fingerprint density at radius 1 is 1.18 bits per heavy atom. The van der Waals surface area contributed by atoms with Gasteiger partial charge in [-0.2, -0.15) is 0 Å². The summed E-state index contributed by atoms with van der Waals surface area (Å²) in [5.41, 5.74) is 5.20. The van der Waals surface area contributed by atoms with Crippen molar-refractivity contribution in [3.05, 3.63) is 34.4 Å². The molecule has 0 saturated heterocycles. The average molecular weight is 144 g/mol. The molecule has 0 spiro atoms. The molecule has 3 aliphatic carbocycles. The van der Waals surface area contributed by atoms with E-state index in [1.165, 1.54) is 16.7 Å². The normalized spacial score (nSPS) is 26.0. The maximum Gasteiger partial charge on any atom is 0.163 e. The highest BCUT2D eigenvalue weighted by Crippen LogP contribution is 2.46. The lowest BCUT2D eigenvalue weighted by atomic mass is 10.00. The highest BCUT2D eigenvalue weighted by atomic mass is 16.1. The smallest absolute Gasteiger partial charge is 0.163 e. The first-order valence-electron chi connectivity index (χ1n) is 4.00. The molecule has 1 saturated carbocycles. The van der Waals surface area contributed by atoms with Crippen molar-refractivity contribution in [2.75, 3.05) is 0 Å². The van der Waals surface area contributed by atoms with Crippen molar-refractivity contribution in [2.45, 2.75) is 19.3 Å². The van der Waals surface area contributed by atoms with Crippen LogP contribution in [-0.4, -0.2) is 5.78 Å². The number of hydrogen-bond donors (Lipinski definition) is 0. The molecule has 1 fully saturated rings. The first-order valence-corrected chi connectivity index (χ1v) is 4.00. The van der Waals surface area contributed by atoms with Crippen molar-refractivity contribution >= 4 is 5.78 Å². The zero-order valence-electron chi connectivity index (χ0n) is 6.18. The van der Waals surface area contributed by atoms with Gasteiger partial charge in [-0.25, -0.2) is 0 Å². The quantitative estimate of drug-likeness (QED) is 0.507. The lowest BCUT2D eigenvalue weighted by Crippen LogP contribution is -1.99. The highest BCUT2D eigenvalue weighted by molar-refractivity contribution is 6.05. The monoisotopic (exact) mass is 144 g/mol. The fraction of sp³-hybridized carbons (Fsp3) is 0.300. The van der Waals surface area contributed by atoms with Gasteiger partial charge in [0.15, 0.2) is 5.78 Å². The zero-order chi connectivity index (χ0) is 7.42. The average Bonchev–Trinajstić information content (AvgIpc) is 2.52. The number of hydrogen-bond acceptors (Lipinski definition) is 1. The Morgan fingerprint density at radius 3 is 3.00 bits per heavy atom. The molecule has 0 unspecified atom stereocenters. The molecule has 0 radical (unpaired) electrons. The summed E-state index contributed by atoms with van der Waals surface area (Å²) in [6, 6.07) is 0. The van der Waals surface area contributed by atoms with Gasteiger partial charge in [-0.05, 0) is 24.0 Å². The molecule has 0 heterocycles. The van der Waals surface area contributed by atoms with E-state index in [0.717, 1.165) is 18.4 Å². The SMILES string of the molecule is O=C1CC2=C3C=CCC3=C1C2. The molecule has 0 aliphatic heterocycles. The first-order chi connectivity index (χ1) is 5.36. The van der Waals surface area contributed by atoms with Crippen LogP contribution in [0.15, 0.2) is 34.4 Å². The van der Waals surface area contributed by atoms with Crippen molar-refractivity contribution in [3.8, 4) is 0 Å². The number of carbonyl (C=O) groups excluding carboxylic acids is 1. The van der Waals surface area contributed by atoms with Gasteiger partial charge in [-0.15, -0.1) is 0 Å². The van der Waals surface area contributed by atoms with Crippen molar-refractivity contribution in [2.24, 2.45) is 0 Å². The van der Waals surface area contributed by atoms with E-state index in [0.29, 0.717) is 12.2 Å². The summed E-state index contributed by atoms with van der Waals surface area (Å²) in [5, 5.41) is 0. The van der Waals surface area contributed by atoms with Crippen molar-refractivity contribution in [1.29, 1.82) is 0 Å². The van der Waals surface area contributed by atoms with Crippen LogP contribution in [0.25, 0.3) is 0 Å². The van der Waals surface area contributed by atoms with E-state index in [4.69, 9.17) is 0 Å². The Balaban J connectivity index is 2.29. The molecule has 1 heteroatoms. The molecular formula is C10H8O. The Kier molecular flexibility index (Phi) is 0.780. The summed E-state index contributed by atoms with van der Waals surface area (Å²) in [7, 11) is 0. The Hall–Kier alpha value is -1.11. The van der Waals surface area contributed by atoms with Crippen molar-refractivity contribution in [1.82, 2.24) is 0 Å². The standard InChI is InChI=1S/C10H8O/c11-10-5-6-4-9(10)8-3-1-2-7(6)8/h1-2H,3-5H2. The Bertz CT molecular complexity index is 353. The Morgan fingerprint density at radius 2 is 2.09 bits per heavy atom. The summed E-state index contributed by atoms with van der Waals surface area (Å²) in [5.74, 6) is 0.377. The molecule has 0 aromatic rings. The molecular weight excluding hydrogens is 136 g/mol. The maximum absolute atomic E-state index is 11.3. The third-order valence-corrected chi connectivity index (χ3v) is 2.78. The van der Waals surface area contributed by atoms with Crippen LogP contribution in [0.4, 0.5) is 0 Å². The van der Waals surface area contributed by atoms with E-state index < -0.39 is 0 Å². The number of rotatable bonds is 0. The summed E-state index contributed by atoms with van der Waals surface area (Å²) in [4.78, 5) is 11.3. The number of allylic oxidation sites excluding steroid dienone is 6. The molecule has 3 rings (SSSR count). The fourth-order valence-electron chi connectivity index (χ4n) is 2.26. The molecule has 0 N–H and O–H groups in total. The summed E-state index contributed by atoms with van der Waals surface area (Å²) in [6.07, 6.45) is 7.00. The second-order valence-corrected chi connectivity index (χ2v) is 3.36. The summed E-state index contributed by atoms with van der Waals surface area (Å²) in [6.45, 7) is 0. The second-order valence-electron chi connectivity index (χ2n) is 3.36. The van der Waals surface area contributed by atoms with Gasteiger partial charge < -0.3 is 0 Å². The minimum absolute atomic E-state index is 0.377. The molecule has 3 aliphatic rings. The molecule has 1 nitrogen and oxygen atoms in total. The molecule has 0 atom stereocenters. The zero-order valence-corrected chi connectivity index (χ0v) is 6.18. The molecule has 2 bridgehead atoms. The largest absolute Gasteiger partial charge is 0.294 e. The van der Waals surface area contributed by atoms with Crippen LogP contribution in [-0.2, 0) is 4.79 Å². The predicted octanol–water partition coefficient (Wildman–Crippen LogP) is 1.92. The number of carbonyl (C=O) groups is 1. The van der Waals surface area contributed by atoms with Gasteiger partial charge in [-0.1, -0.05) is 17.7 Å². The van der Waals surface area contributed by atoms with E-state index in [-0.39, 0.29) is 0 Å². The second kappa shape index (κ2) is 1.55. The van der Waals surface area contributed by atoms with E-state index in [9.17, 15) is 4.79 Å². The van der Waals surface area contributed by atoms with E-state index in [1.807, 2.05) is 0 Å². The van der Waals surface area contributed by atoms with Gasteiger partial charge in [-0.3, -0.25) is 4.79 Å². The van der Waals surface area contributed by atoms with E-state index in [1.54, 1.807) is 0 Å². The van der Waals surface area contributed by atoms with Crippen LogP contribution in [0.2, 0.25) is 0 Å². The molecule has 0 aromatic carbocycles. The van der Waals surface area contributed by atoms with Crippen LogP contribution in [0.5, 0.6) is 0 Å². The molecule has 0 aromatic heterocycles. The summed E-state index contributed by atoms with van der Waals surface area (Å²) >= 11 is 0. The number of ketones is 1. The topological polar surface area (TPSA) is 17.1 Å². The van der Waals surface area contributed by atoms with Crippen LogP contribution < -0.4 is 0 Å². The molecule has 11 heavy (non-hydrogen) atoms. The fourth-order valence-corrected chi connectivity index (χ4v) is 2.26. The number of Topliss-reactive ketones (excluding diaryl/α,β-unsaturated/α-hetero) is 1. The van der Waals surface area contributed by atoms with Gasteiger partial charge >= 0.3 is 0 Å². The van der Waals surface area contributed by atoms with Gasteiger partial charge in [0.05, 0.1) is 0 Å². The third kappa shape index (κ3) is 0.506. The van der Waals surface area contributed by atoms with Crippen LogP contribution >= 0.6 is 0 Å². The predicted molar refractivity (Wildman–Crippen MR) is 42.1 cm³/mol. The minimum Gasteiger partial charge on any atom is -0.294 e. The van der Waals surface area contributed by atoms with E-state index >= 15 is 0 Å². The van der Waals surface area contributed by atoms with E-state index in [2.05, 4.69) is 12.2 Å². The lowest BCUT2D eigenvalue weighted by molar-refractivity contribution is -0.114. The first kappa shape index (κ1) is 5.53. The Labute approximate surface area is 65.1 Å². The highest BCUT2D eigenvalue weighted by Gasteiger charge is 2.35. The molecule has 54 valence electrons. The maximum atomic E-state index is 11.3. The lowest BCUT2D eigenvalue weighted by Gasteiger charge is -2.03. The molecule has 0 amide bonds. The van der Waals surface area contributed by atoms with Gasteiger partial charge in [0.1, 0.15) is 0 Å². The third-order valence-electron chi connectivity index (χ3n) is 2.78. The van der Waals surface area contributed by atoms with Gasteiger partial charge in [0.25, 0.3) is 0 Å². The number of fused-ring (bicyclic) bond motifs is 3. The van der Waals surface area contributed by atoms with Crippen LogP contribution in [0.1, 0.15) is 19.3 Å².